The van der Waals surface area contributed by atoms with Crippen molar-refractivity contribution in [1.29, 1.82) is 0 Å². The van der Waals surface area contributed by atoms with Crippen LogP contribution in [-0.2, 0) is 21.5 Å². The number of nitrogens with one attached hydrogen (secondary N) is 1. The Bertz CT molecular complexity index is 884. The van der Waals surface area contributed by atoms with E-state index in [2.05, 4.69) is 26.1 Å². The number of rotatable bonds is 9. The molecule has 0 saturated heterocycles. The molecule has 0 unspecified atom stereocenters. The summed E-state index contributed by atoms with van der Waals surface area (Å²) in [5.74, 6) is 0.901. The molecule has 32 heavy (non-hydrogen) atoms. The van der Waals surface area contributed by atoms with E-state index in [1.807, 2.05) is 62.4 Å². The monoisotopic (exact) mass is 440 g/mol. The molecule has 6 nitrogen and oxygen atoms in total. The highest BCUT2D eigenvalue weighted by Crippen LogP contribution is 2.24. The number of ether oxygens (including phenoxy) is 2. The SMILES string of the molecule is COc1ccc(CN(C(=O)COc2ccc(C(C)(C)C)cc2)[C@@H](C)C(=O)NC(C)C)cc1. The molecule has 2 aromatic rings. The molecule has 0 saturated carbocycles. The van der Waals surface area contributed by atoms with Crippen molar-refractivity contribution in [3.05, 3.63) is 59.7 Å². The molecular weight excluding hydrogens is 404 g/mol. The third kappa shape index (κ3) is 7.29. The van der Waals surface area contributed by atoms with Crippen LogP contribution in [0, 0.1) is 0 Å². The van der Waals surface area contributed by atoms with Crippen molar-refractivity contribution in [3.8, 4) is 11.5 Å². The van der Waals surface area contributed by atoms with E-state index in [1.54, 1.807) is 18.9 Å². The minimum atomic E-state index is -0.640. The molecule has 2 rings (SSSR count). The molecule has 0 aliphatic heterocycles. The van der Waals surface area contributed by atoms with E-state index in [1.165, 1.54) is 5.56 Å². The molecule has 1 N–H and O–H groups in total. The van der Waals surface area contributed by atoms with Gasteiger partial charge in [0.05, 0.1) is 7.11 Å². The molecule has 2 amide bonds. The molecule has 0 aliphatic rings. The highest BCUT2D eigenvalue weighted by molar-refractivity contribution is 5.88. The van der Waals surface area contributed by atoms with Crippen molar-refractivity contribution in [2.45, 2.75) is 65.6 Å². The molecule has 0 spiro atoms. The normalized spacial score (nSPS) is 12.2. The zero-order chi connectivity index (χ0) is 23.9. The van der Waals surface area contributed by atoms with Crippen LogP contribution in [0.4, 0.5) is 0 Å². The molecule has 0 aliphatic carbocycles. The molecular formula is C26H36N2O4. The van der Waals surface area contributed by atoms with Crippen molar-refractivity contribution in [2.75, 3.05) is 13.7 Å². The summed E-state index contributed by atoms with van der Waals surface area (Å²) in [6, 6.07) is 14.6. The smallest absolute Gasteiger partial charge is 0.261 e. The van der Waals surface area contributed by atoms with Gasteiger partial charge in [-0.2, -0.15) is 0 Å². The quantitative estimate of drug-likeness (QED) is 0.631. The van der Waals surface area contributed by atoms with Crippen LogP contribution in [0.15, 0.2) is 48.5 Å². The zero-order valence-corrected chi connectivity index (χ0v) is 20.3. The van der Waals surface area contributed by atoms with Gasteiger partial charge >= 0.3 is 0 Å². The first-order valence-corrected chi connectivity index (χ1v) is 11.0. The predicted molar refractivity (Wildman–Crippen MR) is 127 cm³/mol. The van der Waals surface area contributed by atoms with Crippen LogP contribution in [0.5, 0.6) is 11.5 Å². The summed E-state index contributed by atoms with van der Waals surface area (Å²) in [6.45, 7) is 12.1. The van der Waals surface area contributed by atoms with Gasteiger partial charge in [0.1, 0.15) is 17.5 Å². The minimum absolute atomic E-state index is 0.0135. The molecule has 0 heterocycles. The summed E-state index contributed by atoms with van der Waals surface area (Å²) in [5, 5.41) is 2.88. The molecule has 0 fully saturated rings. The van der Waals surface area contributed by atoms with Crippen LogP contribution in [-0.4, -0.2) is 42.5 Å². The summed E-state index contributed by atoms with van der Waals surface area (Å²) in [6.07, 6.45) is 0. The lowest BCUT2D eigenvalue weighted by Gasteiger charge is -2.29. The Balaban J connectivity index is 2.13. The maximum atomic E-state index is 13.1. The lowest BCUT2D eigenvalue weighted by Crippen LogP contribution is -2.50. The standard InChI is InChI=1S/C26H36N2O4/c1-18(2)27-25(30)19(3)28(16-20-8-12-22(31-7)13-9-20)24(29)17-32-23-14-10-21(11-15-23)26(4,5)6/h8-15,18-19H,16-17H2,1-7H3,(H,27,30)/t19-/m0/s1. The summed E-state index contributed by atoms with van der Waals surface area (Å²) in [7, 11) is 1.61. The van der Waals surface area contributed by atoms with Crippen molar-refractivity contribution < 1.29 is 19.1 Å². The molecule has 6 heteroatoms. The predicted octanol–water partition coefficient (Wildman–Crippen LogP) is 4.31. The topological polar surface area (TPSA) is 67.9 Å². The summed E-state index contributed by atoms with van der Waals surface area (Å²) in [5.41, 5.74) is 2.14. The van der Waals surface area contributed by atoms with Crippen molar-refractivity contribution in [2.24, 2.45) is 0 Å². The second-order valence-corrected chi connectivity index (χ2v) is 9.27. The first-order valence-electron chi connectivity index (χ1n) is 11.0. The van der Waals surface area contributed by atoms with Gasteiger partial charge in [-0.25, -0.2) is 0 Å². The fraction of sp³-hybridized carbons (Fsp3) is 0.462. The number of methoxy groups -OCH3 is 1. The fourth-order valence-corrected chi connectivity index (χ4v) is 3.19. The van der Waals surface area contributed by atoms with Crippen LogP contribution in [0.2, 0.25) is 0 Å². The van der Waals surface area contributed by atoms with E-state index in [0.29, 0.717) is 12.3 Å². The van der Waals surface area contributed by atoms with E-state index >= 15 is 0 Å². The van der Waals surface area contributed by atoms with E-state index in [-0.39, 0.29) is 29.9 Å². The van der Waals surface area contributed by atoms with E-state index in [0.717, 1.165) is 11.3 Å². The summed E-state index contributed by atoms with van der Waals surface area (Å²) in [4.78, 5) is 27.3. The maximum absolute atomic E-state index is 13.1. The van der Waals surface area contributed by atoms with Crippen LogP contribution < -0.4 is 14.8 Å². The average molecular weight is 441 g/mol. The third-order valence-electron chi connectivity index (χ3n) is 5.19. The second-order valence-electron chi connectivity index (χ2n) is 9.27. The van der Waals surface area contributed by atoms with E-state index < -0.39 is 6.04 Å². The average Bonchev–Trinajstić information content (AvgIpc) is 2.75. The first-order chi connectivity index (χ1) is 15.0. The third-order valence-corrected chi connectivity index (χ3v) is 5.19. The van der Waals surface area contributed by atoms with Crippen LogP contribution in [0.3, 0.4) is 0 Å². The van der Waals surface area contributed by atoms with Gasteiger partial charge in [-0.05, 0) is 61.6 Å². The van der Waals surface area contributed by atoms with Crippen molar-refractivity contribution in [1.82, 2.24) is 10.2 Å². The van der Waals surface area contributed by atoms with Gasteiger partial charge in [0.15, 0.2) is 6.61 Å². The van der Waals surface area contributed by atoms with Crippen molar-refractivity contribution in [3.63, 3.8) is 0 Å². The number of carbonyl (C=O) groups excluding carboxylic acids is 2. The van der Waals surface area contributed by atoms with Gasteiger partial charge in [0.25, 0.3) is 5.91 Å². The summed E-state index contributed by atoms with van der Waals surface area (Å²) >= 11 is 0. The Morgan fingerprint density at radius 3 is 2.00 bits per heavy atom. The Morgan fingerprint density at radius 2 is 1.50 bits per heavy atom. The second kappa shape index (κ2) is 11.0. The lowest BCUT2D eigenvalue weighted by atomic mass is 9.87. The van der Waals surface area contributed by atoms with Crippen LogP contribution in [0.1, 0.15) is 52.7 Å². The number of benzene rings is 2. The Morgan fingerprint density at radius 1 is 0.938 bits per heavy atom. The maximum Gasteiger partial charge on any atom is 0.261 e. The highest BCUT2D eigenvalue weighted by Gasteiger charge is 2.27. The molecule has 2 aromatic carbocycles. The Kier molecular flexibility index (Phi) is 8.70. The van der Waals surface area contributed by atoms with Gasteiger partial charge < -0.3 is 19.7 Å². The highest BCUT2D eigenvalue weighted by atomic mass is 16.5. The number of hydrogen-bond donors (Lipinski definition) is 1. The van der Waals surface area contributed by atoms with Gasteiger partial charge in [-0.1, -0.05) is 45.0 Å². The number of hydrogen-bond acceptors (Lipinski definition) is 4. The molecule has 0 aromatic heterocycles. The van der Waals surface area contributed by atoms with Crippen molar-refractivity contribution >= 4 is 11.8 Å². The Labute approximate surface area is 191 Å². The first kappa shape index (κ1) is 25.2. The van der Waals surface area contributed by atoms with E-state index in [9.17, 15) is 9.59 Å². The minimum Gasteiger partial charge on any atom is -0.497 e. The van der Waals surface area contributed by atoms with E-state index in [4.69, 9.17) is 9.47 Å². The van der Waals surface area contributed by atoms with Gasteiger partial charge in [0.2, 0.25) is 5.91 Å². The van der Waals surface area contributed by atoms with Crippen LogP contribution in [0.25, 0.3) is 0 Å². The van der Waals surface area contributed by atoms with Crippen LogP contribution >= 0.6 is 0 Å². The lowest BCUT2D eigenvalue weighted by molar-refractivity contribution is -0.142. The summed E-state index contributed by atoms with van der Waals surface area (Å²) < 4.78 is 11.0. The Hall–Kier alpha value is -3.02. The van der Waals surface area contributed by atoms with Gasteiger partial charge in [-0.15, -0.1) is 0 Å². The number of amides is 2. The number of carbonyl (C=O) groups is 2. The van der Waals surface area contributed by atoms with Gasteiger partial charge in [-0.3, -0.25) is 9.59 Å². The largest absolute Gasteiger partial charge is 0.497 e. The van der Waals surface area contributed by atoms with Gasteiger partial charge in [0, 0.05) is 12.6 Å². The zero-order valence-electron chi connectivity index (χ0n) is 20.3. The molecule has 1 atom stereocenters. The number of nitrogens with zero attached hydrogens (tertiary/aromatic N) is 1. The molecule has 0 radical (unpaired) electrons. The fourth-order valence-electron chi connectivity index (χ4n) is 3.19. The molecule has 0 bridgehead atoms. The molecule has 174 valence electrons.